The van der Waals surface area contributed by atoms with E-state index in [0.29, 0.717) is 28.6 Å². The zero-order valence-electron chi connectivity index (χ0n) is 16.2. The van der Waals surface area contributed by atoms with Crippen LogP contribution in [0.1, 0.15) is 22.8 Å². The number of aromatic nitrogens is 1. The summed E-state index contributed by atoms with van der Waals surface area (Å²) in [6.07, 6.45) is 2.55. The van der Waals surface area contributed by atoms with Crippen molar-refractivity contribution >= 4 is 23.1 Å². The molecule has 6 nitrogen and oxygen atoms in total. The van der Waals surface area contributed by atoms with Crippen LogP contribution in [0, 0.1) is 0 Å². The second kappa shape index (κ2) is 8.90. The third kappa shape index (κ3) is 4.59. The summed E-state index contributed by atoms with van der Waals surface area (Å²) in [5, 5.41) is 6.08. The molecule has 0 atom stereocenters. The van der Waals surface area contributed by atoms with Crippen LogP contribution in [0.3, 0.4) is 0 Å². The number of hydrogen-bond acceptors (Lipinski definition) is 5. The largest absolute Gasteiger partial charge is 0.497 e. The molecule has 144 valence electrons. The van der Waals surface area contributed by atoms with Gasteiger partial charge in [-0.3, -0.25) is 4.79 Å². The van der Waals surface area contributed by atoms with Crippen LogP contribution in [0.15, 0.2) is 60.8 Å². The Morgan fingerprint density at radius 1 is 1.00 bits per heavy atom. The monoisotopic (exact) mass is 377 g/mol. The van der Waals surface area contributed by atoms with E-state index in [-0.39, 0.29) is 5.91 Å². The molecule has 0 saturated carbocycles. The summed E-state index contributed by atoms with van der Waals surface area (Å²) in [6, 6.07) is 16.6. The van der Waals surface area contributed by atoms with Gasteiger partial charge in [-0.2, -0.15) is 0 Å². The molecule has 1 aromatic heterocycles. The molecule has 0 fully saturated rings. The van der Waals surface area contributed by atoms with Gasteiger partial charge < -0.3 is 20.1 Å². The Bertz CT molecular complexity index is 955. The van der Waals surface area contributed by atoms with E-state index in [1.54, 1.807) is 38.6 Å². The normalized spacial score (nSPS) is 10.2. The minimum atomic E-state index is -0.202. The number of rotatable bonds is 7. The standard InChI is InChI=1S/C22H23N3O3/c1-4-15-5-7-17(8-6-15)24-22(26)16-11-12-23-21(13-16)25-19-14-18(27-2)9-10-20(19)28-3/h5-14H,4H2,1-3H3,(H,23,25)(H,24,26). The number of methoxy groups -OCH3 is 2. The van der Waals surface area contributed by atoms with Crippen LogP contribution in [0.4, 0.5) is 17.2 Å². The SMILES string of the molecule is CCc1ccc(NC(=O)c2ccnc(Nc3cc(OC)ccc3OC)c2)cc1. The maximum atomic E-state index is 12.6. The molecule has 0 bridgehead atoms. The fraction of sp³-hybridized carbons (Fsp3) is 0.182. The Kier molecular flexibility index (Phi) is 6.11. The lowest BCUT2D eigenvalue weighted by Crippen LogP contribution is -2.12. The maximum Gasteiger partial charge on any atom is 0.255 e. The molecule has 0 aliphatic rings. The van der Waals surface area contributed by atoms with Crippen molar-refractivity contribution in [3.05, 3.63) is 71.9 Å². The first-order chi connectivity index (χ1) is 13.6. The lowest BCUT2D eigenvalue weighted by Gasteiger charge is -2.13. The van der Waals surface area contributed by atoms with Gasteiger partial charge in [-0.05, 0) is 48.4 Å². The molecule has 0 spiro atoms. The number of aryl methyl sites for hydroxylation is 1. The topological polar surface area (TPSA) is 72.5 Å². The first kappa shape index (κ1) is 19.2. The molecule has 1 heterocycles. The van der Waals surface area contributed by atoms with Crippen LogP contribution >= 0.6 is 0 Å². The predicted octanol–water partition coefficient (Wildman–Crippen LogP) is 4.66. The summed E-state index contributed by atoms with van der Waals surface area (Å²) in [7, 11) is 3.19. The van der Waals surface area contributed by atoms with Crippen LogP contribution in [-0.2, 0) is 6.42 Å². The van der Waals surface area contributed by atoms with E-state index in [9.17, 15) is 4.79 Å². The minimum absolute atomic E-state index is 0.202. The van der Waals surface area contributed by atoms with E-state index >= 15 is 0 Å². The summed E-state index contributed by atoms with van der Waals surface area (Å²) in [5.74, 6) is 1.66. The average molecular weight is 377 g/mol. The van der Waals surface area contributed by atoms with E-state index < -0.39 is 0 Å². The summed E-state index contributed by atoms with van der Waals surface area (Å²) in [5.41, 5.74) is 3.17. The van der Waals surface area contributed by atoms with Gasteiger partial charge in [0.05, 0.1) is 19.9 Å². The number of ether oxygens (including phenoxy) is 2. The van der Waals surface area contributed by atoms with E-state index in [2.05, 4.69) is 22.5 Å². The van der Waals surface area contributed by atoms with Crippen LogP contribution < -0.4 is 20.1 Å². The predicted molar refractivity (Wildman–Crippen MR) is 111 cm³/mol. The Labute approximate surface area is 164 Å². The van der Waals surface area contributed by atoms with E-state index in [1.165, 1.54) is 5.56 Å². The second-order valence-electron chi connectivity index (χ2n) is 6.13. The van der Waals surface area contributed by atoms with Gasteiger partial charge in [0.25, 0.3) is 5.91 Å². The second-order valence-corrected chi connectivity index (χ2v) is 6.13. The van der Waals surface area contributed by atoms with E-state index in [0.717, 1.165) is 12.1 Å². The highest BCUT2D eigenvalue weighted by atomic mass is 16.5. The number of benzene rings is 2. The minimum Gasteiger partial charge on any atom is -0.497 e. The molecule has 0 aliphatic carbocycles. The molecule has 0 aliphatic heterocycles. The quantitative estimate of drug-likeness (QED) is 0.627. The van der Waals surface area contributed by atoms with Gasteiger partial charge in [-0.15, -0.1) is 0 Å². The number of anilines is 3. The van der Waals surface area contributed by atoms with Gasteiger partial charge in [0.15, 0.2) is 0 Å². The number of nitrogens with zero attached hydrogens (tertiary/aromatic N) is 1. The van der Waals surface area contributed by atoms with Crippen molar-refractivity contribution in [1.29, 1.82) is 0 Å². The third-order valence-electron chi connectivity index (χ3n) is 4.31. The van der Waals surface area contributed by atoms with E-state index in [4.69, 9.17) is 9.47 Å². The van der Waals surface area contributed by atoms with Crippen molar-refractivity contribution in [1.82, 2.24) is 4.98 Å². The van der Waals surface area contributed by atoms with Gasteiger partial charge in [0.1, 0.15) is 17.3 Å². The van der Waals surface area contributed by atoms with Gasteiger partial charge >= 0.3 is 0 Å². The van der Waals surface area contributed by atoms with Gasteiger partial charge in [-0.1, -0.05) is 19.1 Å². The molecule has 1 amide bonds. The van der Waals surface area contributed by atoms with Crippen LogP contribution in [-0.4, -0.2) is 25.1 Å². The molecule has 2 aromatic carbocycles. The molecule has 3 rings (SSSR count). The fourth-order valence-electron chi connectivity index (χ4n) is 2.72. The van der Waals surface area contributed by atoms with Gasteiger partial charge in [0.2, 0.25) is 0 Å². The molecular formula is C22H23N3O3. The zero-order chi connectivity index (χ0) is 19.9. The summed E-state index contributed by atoms with van der Waals surface area (Å²) in [4.78, 5) is 16.9. The first-order valence-electron chi connectivity index (χ1n) is 8.98. The Morgan fingerprint density at radius 2 is 1.79 bits per heavy atom. The molecule has 0 unspecified atom stereocenters. The highest BCUT2D eigenvalue weighted by Crippen LogP contribution is 2.31. The average Bonchev–Trinajstić information content (AvgIpc) is 2.74. The van der Waals surface area contributed by atoms with Crippen molar-refractivity contribution in [2.45, 2.75) is 13.3 Å². The number of hydrogen-bond donors (Lipinski definition) is 2. The molecule has 3 aromatic rings. The van der Waals surface area contributed by atoms with Crippen LogP contribution in [0.5, 0.6) is 11.5 Å². The Balaban J connectivity index is 1.77. The molecule has 2 N–H and O–H groups in total. The zero-order valence-corrected chi connectivity index (χ0v) is 16.2. The molecular weight excluding hydrogens is 354 g/mol. The van der Waals surface area contributed by atoms with Crippen molar-refractivity contribution in [2.75, 3.05) is 24.9 Å². The number of pyridine rings is 1. The lowest BCUT2D eigenvalue weighted by atomic mass is 10.1. The number of amides is 1. The fourth-order valence-corrected chi connectivity index (χ4v) is 2.72. The Hall–Kier alpha value is -3.54. The van der Waals surface area contributed by atoms with Gasteiger partial charge in [-0.25, -0.2) is 4.98 Å². The van der Waals surface area contributed by atoms with Crippen molar-refractivity contribution in [2.24, 2.45) is 0 Å². The third-order valence-corrected chi connectivity index (χ3v) is 4.31. The number of nitrogens with one attached hydrogen (secondary N) is 2. The van der Waals surface area contributed by atoms with Crippen molar-refractivity contribution < 1.29 is 14.3 Å². The van der Waals surface area contributed by atoms with E-state index in [1.807, 2.05) is 36.4 Å². The van der Waals surface area contributed by atoms with Gasteiger partial charge in [0, 0.05) is 23.5 Å². The highest BCUT2D eigenvalue weighted by Gasteiger charge is 2.10. The molecule has 0 radical (unpaired) electrons. The summed E-state index contributed by atoms with van der Waals surface area (Å²) < 4.78 is 10.6. The summed E-state index contributed by atoms with van der Waals surface area (Å²) in [6.45, 7) is 2.09. The van der Waals surface area contributed by atoms with Crippen LogP contribution in [0.2, 0.25) is 0 Å². The maximum absolute atomic E-state index is 12.6. The molecule has 6 heteroatoms. The molecule has 0 saturated heterocycles. The van der Waals surface area contributed by atoms with Crippen molar-refractivity contribution in [3.8, 4) is 11.5 Å². The lowest BCUT2D eigenvalue weighted by molar-refractivity contribution is 0.102. The van der Waals surface area contributed by atoms with Crippen molar-refractivity contribution in [3.63, 3.8) is 0 Å². The summed E-state index contributed by atoms with van der Waals surface area (Å²) >= 11 is 0. The molecule has 28 heavy (non-hydrogen) atoms. The first-order valence-corrected chi connectivity index (χ1v) is 8.98. The number of carbonyl (C=O) groups is 1. The Morgan fingerprint density at radius 3 is 2.46 bits per heavy atom. The highest BCUT2D eigenvalue weighted by molar-refractivity contribution is 6.04. The smallest absolute Gasteiger partial charge is 0.255 e. The number of carbonyl (C=O) groups excluding carboxylic acids is 1. The van der Waals surface area contributed by atoms with Crippen LogP contribution in [0.25, 0.3) is 0 Å².